The number of benzene rings is 2. The summed E-state index contributed by atoms with van der Waals surface area (Å²) in [5.74, 6) is 0.785. The first-order valence-corrected chi connectivity index (χ1v) is 8.50. The Bertz CT molecular complexity index is 979. The molecule has 0 fully saturated rings. The van der Waals surface area contributed by atoms with Crippen LogP contribution in [0.4, 0.5) is 0 Å². The van der Waals surface area contributed by atoms with Crippen molar-refractivity contribution in [2.75, 3.05) is 0 Å². The minimum absolute atomic E-state index is 0.452. The molecule has 0 aliphatic carbocycles. The number of rotatable bonds is 4. The van der Waals surface area contributed by atoms with E-state index >= 15 is 0 Å². The van der Waals surface area contributed by atoms with Crippen LogP contribution >= 0.6 is 11.3 Å². The molecule has 4 aromatic rings. The van der Waals surface area contributed by atoms with Crippen LogP contribution in [-0.4, -0.2) is 15.0 Å². The molecule has 0 aliphatic heterocycles. The van der Waals surface area contributed by atoms with Crippen molar-refractivity contribution < 1.29 is 4.74 Å². The molecule has 2 aromatic carbocycles. The van der Waals surface area contributed by atoms with E-state index in [1.165, 1.54) is 5.56 Å². The molecule has 118 valence electrons. The molecule has 0 amide bonds. The fraction of sp³-hybridized carbons (Fsp3) is 0.105. The monoisotopic (exact) mass is 333 g/mol. The summed E-state index contributed by atoms with van der Waals surface area (Å²) < 4.78 is 5.86. The van der Waals surface area contributed by atoms with Gasteiger partial charge in [-0.15, -0.1) is 11.3 Å². The summed E-state index contributed by atoms with van der Waals surface area (Å²) in [4.78, 5) is 12.9. The Morgan fingerprint density at radius 1 is 1.08 bits per heavy atom. The molecule has 0 saturated carbocycles. The topological polar surface area (TPSA) is 47.9 Å². The predicted octanol–water partition coefficient (Wildman–Crippen LogP) is 4.64. The van der Waals surface area contributed by atoms with Gasteiger partial charge in [-0.05, 0) is 19.1 Å². The Labute approximate surface area is 143 Å². The lowest BCUT2D eigenvalue weighted by molar-refractivity contribution is 0.306. The maximum absolute atomic E-state index is 5.86. The van der Waals surface area contributed by atoms with E-state index in [9.17, 15) is 0 Å². The zero-order chi connectivity index (χ0) is 16.4. The summed E-state index contributed by atoms with van der Waals surface area (Å²) in [6.07, 6.45) is 3.33. The lowest BCUT2D eigenvalue weighted by atomic mass is 10.1. The van der Waals surface area contributed by atoms with Crippen molar-refractivity contribution in [1.82, 2.24) is 15.0 Å². The van der Waals surface area contributed by atoms with E-state index in [4.69, 9.17) is 4.74 Å². The van der Waals surface area contributed by atoms with Crippen LogP contribution < -0.4 is 4.74 Å². The van der Waals surface area contributed by atoms with E-state index in [1.807, 2.05) is 18.2 Å². The molecule has 0 radical (unpaired) electrons. The van der Waals surface area contributed by atoms with E-state index in [1.54, 1.807) is 23.9 Å². The summed E-state index contributed by atoms with van der Waals surface area (Å²) >= 11 is 1.61. The van der Waals surface area contributed by atoms with Crippen molar-refractivity contribution in [2.45, 2.75) is 13.5 Å². The van der Waals surface area contributed by atoms with E-state index in [0.29, 0.717) is 6.61 Å². The first-order chi connectivity index (χ1) is 11.8. The molecule has 4 nitrogen and oxygen atoms in total. The third-order valence-electron chi connectivity index (χ3n) is 3.74. The lowest BCUT2D eigenvalue weighted by Gasteiger charge is -2.05. The fourth-order valence-electron chi connectivity index (χ4n) is 2.42. The third kappa shape index (κ3) is 3.12. The van der Waals surface area contributed by atoms with Crippen molar-refractivity contribution in [3.8, 4) is 17.0 Å². The number of aryl methyl sites for hydroxylation is 1. The van der Waals surface area contributed by atoms with Gasteiger partial charge in [0.1, 0.15) is 23.7 Å². The molecule has 24 heavy (non-hydrogen) atoms. The second kappa shape index (κ2) is 6.37. The number of fused-ring (bicyclic) bond motifs is 1. The average Bonchev–Trinajstić information content (AvgIpc) is 3.09. The minimum atomic E-state index is 0.452. The van der Waals surface area contributed by atoms with Crippen LogP contribution in [0.25, 0.3) is 22.2 Å². The Morgan fingerprint density at radius 3 is 2.83 bits per heavy atom. The highest BCUT2D eigenvalue weighted by molar-refractivity contribution is 7.09. The van der Waals surface area contributed by atoms with Crippen LogP contribution in [0.3, 0.4) is 0 Å². The van der Waals surface area contributed by atoms with E-state index in [2.05, 4.69) is 51.5 Å². The summed E-state index contributed by atoms with van der Waals surface area (Å²) in [7, 11) is 0. The van der Waals surface area contributed by atoms with Gasteiger partial charge in [-0.25, -0.2) is 15.0 Å². The highest BCUT2D eigenvalue weighted by atomic mass is 32.1. The molecular formula is C19H15N3OS. The van der Waals surface area contributed by atoms with Crippen molar-refractivity contribution in [1.29, 1.82) is 0 Å². The van der Waals surface area contributed by atoms with Crippen LogP contribution in [0.1, 0.15) is 10.6 Å². The van der Waals surface area contributed by atoms with Gasteiger partial charge in [0, 0.05) is 28.6 Å². The Balaban J connectivity index is 1.48. The number of ether oxygens (including phenoxy) is 1. The van der Waals surface area contributed by atoms with Crippen LogP contribution in [0.5, 0.6) is 5.75 Å². The van der Waals surface area contributed by atoms with Crippen molar-refractivity contribution in [2.24, 2.45) is 0 Å². The maximum atomic E-state index is 5.86. The smallest absolute Gasteiger partial charge is 0.140 e. The largest absolute Gasteiger partial charge is 0.486 e. The molecule has 0 spiro atoms. The second-order valence-corrected chi connectivity index (χ2v) is 6.47. The molecule has 0 unspecified atom stereocenters. The number of thiazole rings is 1. The van der Waals surface area contributed by atoms with Gasteiger partial charge in [0.05, 0.1) is 11.2 Å². The minimum Gasteiger partial charge on any atom is -0.486 e. The number of hydrogen-bond donors (Lipinski definition) is 0. The van der Waals surface area contributed by atoms with Crippen LogP contribution in [0.15, 0.2) is 60.4 Å². The maximum Gasteiger partial charge on any atom is 0.140 e. The first kappa shape index (κ1) is 14.8. The summed E-state index contributed by atoms with van der Waals surface area (Å²) in [6.45, 7) is 2.53. The van der Waals surface area contributed by atoms with Gasteiger partial charge < -0.3 is 4.74 Å². The van der Waals surface area contributed by atoms with Crippen LogP contribution in [-0.2, 0) is 6.61 Å². The summed E-state index contributed by atoms with van der Waals surface area (Å²) in [5, 5.41) is 4.02. The Morgan fingerprint density at radius 2 is 1.96 bits per heavy atom. The first-order valence-electron chi connectivity index (χ1n) is 7.62. The van der Waals surface area contributed by atoms with E-state index < -0.39 is 0 Å². The zero-order valence-electron chi connectivity index (χ0n) is 13.1. The normalized spacial score (nSPS) is 10.9. The molecule has 2 aromatic heterocycles. The van der Waals surface area contributed by atoms with Crippen molar-refractivity contribution >= 4 is 22.2 Å². The highest BCUT2D eigenvalue weighted by Gasteiger charge is 2.06. The van der Waals surface area contributed by atoms with Gasteiger partial charge in [-0.3, -0.25) is 0 Å². The van der Waals surface area contributed by atoms with Gasteiger partial charge in [0.15, 0.2) is 0 Å². The predicted molar refractivity (Wildman–Crippen MR) is 96.2 cm³/mol. The van der Waals surface area contributed by atoms with Crippen LogP contribution in [0.2, 0.25) is 0 Å². The number of hydrogen-bond acceptors (Lipinski definition) is 5. The van der Waals surface area contributed by atoms with Gasteiger partial charge in [0.2, 0.25) is 0 Å². The van der Waals surface area contributed by atoms with Gasteiger partial charge >= 0.3 is 0 Å². The summed E-state index contributed by atoms with van der Waals surface area (Å²) in [5.41, 5.74) is 4.25. The van der Waals surface area contributed by atoms with E-state index in [0.717, 1.165) is 32.9 Å². The lowest BCUT2D eigenvalue weighted by Crippen LogP contribution is -1.95. The quantitative estimate of drug-likeness (QED) is 0.546. The Kier molecular flexibility index (Phi) is 3.92. The Hall–Kier alpha value is -2.79. The SMILES string of the molecule is Cc1ccc(-c2csc(COc3ccc4cncnc4c3)n2)cc1. The van der Waals surface area contributed by atoms with E-state index in [-0.39, 0.29) is 0 Å². The second-order valence-electron chi connectivity index (χ2n) is 5.52. The number of aromatic nitrogens is 3. The number of nitrogens with zero attached hydrogens (tertiary/aromatic N) is 3. The summed E-state index contributed by atoms with van der Waals surface area (Å²) in [6, 6.07) is 14.2. The van der Waals surface area contributed by atoms with Crippen molar-refractivity contribution in [3.05, 3.63) is 70.9 Å². The molecule has 0 aliphatic rings. The fourth-order valence-corrected chi connectivity index (χ4v) is 3.14. The third-order valence-corrected chi connectivity index (χ3v) is 4.56. The van der Waals surface area contributed by atoms with Crippen molar-refractivity contribution in [3.63, 3.8) is 0 Å². The molecule has 5 heteroatoms. The van der Waals surface area contributed by atoms with Gasteiger partial charge in [-0.1, -0.05) is 29.8 Å². The molecule has 2 heterocycles. The average molecular weight is 333 g/mol. The molecule has 0 N–H and O–H groups in total. The van der Waals surface area contributed by atoms with Crippen LogP contribution in [0, 0.1) is 6.92 Å². The molecule has 0 atom stereocenters. The molecule has 0 saturated heterocycles. The zero-order valence-corrected chi connectivity index (χ0v) is 14.0. The van der Waals surface area contributed by atoms with Gasteiger partial charge in [0.25, 0.3) is 0 Å². The van der Waals surface area contributed by atoms with Gasteiger partial charge in [-0.2, -0.15) is 0 Å². The molecular weight excluding hydrogens is 318 g/mol. The molecule has 4 rings (SSSR count). The standard InChI is InChI=1S/C19H15N3OS/c1-13-2-4-14(5-3-13)18-11-24-19(22-18)10-23-16-7-6-15-9-20-12-21-17(15)8-16/h2-9,11-12H,10H2,1H3. The molecule has 0 bridgehead atoms. The highest BCUT2D eigenvalue weighted by Crippen LogP contribution is 2.24.